The highest BCUT2D eigenvalue weighted by Gasteiger charge is 2.13. The number of ether oxygens (including phenoxy) is 2. The average molecular weight is 321 g/mol. The first-order valence-corrected chi connectivity index (χ1v) is 7.57. The summed E-state index contributed by atoms with van der Waals surface area (Å²) in [5, 5.41) is 2.67. The monoisotopic (exact) mass is 321 g/mol. The van der Waals surface area contributed by atoms with Crippen LogP contribution in [0, 0.1) is 5.92 Å². The summed E-state index contributed by atoms with van der Waals surface area (Å²) >= 11 is 0. The fourth-order valence-corrected chi connectivity index (χ4v) is 1.86. The molecule has 6 nitrogen and oxygen atoms in total. The van der Waals surface area contributed by atoms with E-state index < -0.39 is 5.97 Å². The minimum atomic E-state index is -0.410. The standard InChI is InChI=1S/C17H23NO5/c1-13(17(21)22-2)10-11-18-15(19)8-9-16(20)23-12-14-6-4-3-5-7-14/h3-7,13H,8-12H2,1-2H3,(H,18,19). The van der Waals surface area contributed by atoms with Crippen molar-refractivity contribution in [2.75, 3.05) is 13.7 Å². The number of hydrogen-bond donors (Lipinski definition) is 1. The predicted molar refractivity (Wildman–Crippen MR) is 84.3 cm³/mol. The van der Waals surface area contributed by atoms with E-state index in [1.54, 1.807) is 6.92 Å². The van der Waals surface area contributed by atoms with Crippen LogP contribution >= 0.6 is 0 Å². The van der Waals surface area contributed by atoms with E-state index in [9.17, 15) is 14.4 Å². The maximum Gasteiger partial charge on any atom is 0.308 e. The molecule has 0 aliphatic rings. The van der Waals surface area contributed by atoms with Crippen molar-refractivity contribution in [3.05, 3.63) is 35.9 Å². The topological polar surface area (TPSA) is 81.7 Å². The Morgan fingerprint density at radius 2 is 1.83 bits per heavy atom. The van der Waals surface area contributed by atoms with Crippen molar-refractivity contribution in [2.24, 2.45) is 5.92 Å². The van der Waals surface area contributed by atoms with Crippen LogP contribution in [0.1, 0.15) is 31.7 Å². The van der Waals surface area contributed by atoms with Crippen LogP contribution in [0.3, 0.4) is 0 Å². The summed E-state index contributed by atoms with van der Waals surface area (Å²) < 4.78 is 9.69. The third-order valence-electron chi connectivity index (χ3n) is 3.30. The van der Waals surface area contributed by atoms with Crippen LogP contribution in [0.5, 0.6) is 0 Å². The number of carbonyl (C=O) groups is 3. The molecule has 6 heteroatoms. The van der Waals surface area contributed by atoms with Crippen LogP contribution in [-0.4, -0.2) is 31.5 Å². The number of carbonyl (C=O) groups excluding carboxylic acids is 3. The van der Waals surface area contributed by atoms with Crippen LogP contribution in [0.25, 0.3) is 0 Å². The lowest BCUT2D eigenvalue weighted by atomic mass is 10.1. The molecule has 0 radical (unpaired) electrons. The molecule has 1 aromatic rings. The highest BCUT2D eigenvalue weighted by atomic mass is 16.5. The zero-order valence-corrected chi connectivity index (χ0v) is 13.5. The summed E-state index contributed by atoms with van der Waals surface area (Å²) in [6.45, 7) is 2.31. The van der Waals surface area contributed by atoms with Crippen LogP contribution in [0.4, 0.5) is 0 Å². The van der Waals surface area contributed by atoms with Gasteiger partial charge in [0.25, 0.3) is 0 Å². The van der Waals surface area contributed by atoms with Gasteiger partial charge in [0.05, 0.1) is 19.4 Å². The molecule has 0 aliphatic carbocycles. The summed E-state index contributed by atoms with van der Waals surface area (Å²) in [7, 11) is 1.33. The average Bonchev–Trinajstić information content (AvgIpc) is 2.58. The highest BCUT2D eigenvalue weighted by Crippen LogP contribution is 2.04. The maximum absolute atomic E-state index is 11.6. The van der Waals surface area contributed by atoms with Gasteiger partial charge in [-0.15, -0.1) is 0 Å². The molecule has 1 rings (SSSR count). The van der Waals surface area contributed by atoms with Crippen LogP contribution < -0.4 is 5.32 Å². The van der Waals surface area contributed by atoms with Crippen molar-refractivity contribution in [1.29, 1.82) is 0 Å². The first-order valence-electron chi connectivity index (χ1n) is 7.57. The molecule has 1 aromatic carbocycles. The van der Waals surface area contributed by atoms with Crippen molar-refractivity contribution < 1.29 is 23.9 Å². The molecule has 0 aromatic heterocycles. The van der Waals surface area contributed by atoms with Gasteiger partial charge in [-0.3, -0.25) is 14.4 Å². The Morgan fingerprint density at radius 1 is 1.13 bits per heavy atom. The Kier molecular flexibility index (Phi) is 8.42. The van der Waals surface area contributed by atoms with Gasteiger partial charge in [-0.2, -0.15) is 0 Å². The van der Waals surface area contributed by atoms with Crippen molar-refractivity contribution in [3.63, 3.8) is 0 Å². The molecular weight excluding hydrogens is 298 g/mol. The first kappa shape index (κ1) is 18.7. The Labute approximate surface area is 136 Å². The molecule has 0 aliphatic heterocycles. The first-order chi connectivity index (χ1) is 11.0. The second-order valence-electron chi connectivity index (χ2n) is 5.21. The predicted octanol–water partition coefficient (Wildman–Crippen LogP) is 1.83. The zero-order chi connectivity index (χ0) is 17.1. The largest absolute Gasteiger partial charge is 0.469 e. The van der Waals surface area contributed by atoms with Gasteiger partial charge in [-0.1, -0.05) is 37.3 Å². The van der Waals surface area contributed by atoms with Gasteiger partial charge in [0.15, 0.2) is 0 Å². The van der Waals surface area contributed by atoms with E-state index in [1.165, 1.54) is 7.11 Å². The van der Waals surface area contributed by atoms with E-state index in [0.29, 0.717) is 13.0 Å². The SMILES string of the molecule is COC(=O)C(C)CCNC(=O)CCC(=O)OCc1ccccc1. The molecule has 0 spiro atoms. The van der Waals surface area contributed by atoms with Crippen molar-refractivity contribution in [1.82, 2.24) is 5.32 Å². The fourth-order valence-electron chi connectivity index (χ4n) is 1.86. The lowest BCUT2D eigenvalue weighted by Gasteiger charge is -2.10. The number of rotatable bonds is 9. The van der Waals surface area contributed by atoms with Crippen molar-refractivity contribution in [2.45, 2.75) is 32.8 Å². The highest BCUT2D eigenvalue weighted by molar-refractivity contribution is 5.81. The van der Waals surface area contributed by atoms with E-state index >= 15 is 0 Å². The van der Waals surface area contributed by atoms with E-state index in [0.717, 1.165) is 5.56 Å². The van der Waals surface area contributed by atoms with Gasteiger partial charge in [0, 0.05) is 13.0 Å². The maximum atomic E-state index is 11.6. The molecule has 1 atom stereocenters. The molecule has 0 saturated carbocycles. The number of amides is 1. The molecule has 0 heterocycles. The van der Waals surface area contributed by atoms with Gasteiger partial charge in [-0.25, -0.2) is 0 Å². The zero-order valence-electron chi connectivity index (χ0n) is 13.5. The summed E-state index contributed by atoms with van der Waals surface area (Å²) in [6, 6.07) is 9.35. The molecule has 126 valence electrons. The van der Waals surface area contributed by atoms with Gasteiger partial charge in [0.2, 0.25) is 5.91 Å². The number of methoxy groups -OCH3 is 1. The Bertz CT molecular complexity index is 515. The molecule has 1 unspecified atom stereocenters. The second-order valence-corrected chi connectivity index (χ2v) is 5.21. The van der Waals surface area contributed by atoms with E-state index in [1.807, 2.05) is 30.3 Å². The lowest BCUT2D eigenvalue weighted by Crippen LogP contribution is -2.27. The molecule has 0 saturated heterocycles. The van der Waals surface area contributed by atoms with E-state index in [2.05, 4.69) is 10.1 Å². The lowest BCUT2D eigenvalue weighted by molar-refractivity contribution is -0.146. The third kappa shape index (κ3) is 7.99. The molecule has 0 bridgehead atoms. The number of nitrogens with one attached hydrogen (secondary N) is 1. The fraction of sp³-hybridized carbons (Fsp3) is 0.471. The normalized spacial score (nSPS) is 11.4. The van der Waals surface area contributed by atoms with Gasteiger partial charge in [0.1, 0.15) is 6.61 Å². The van der Waals surface area contributed by atoms with Crippen LogP contribution in [-0.2, 0) is 30.5 Å². The molecule has 1 N–H and O–H groups in total. The third-order valence-corrected chi connectivity index (χ3v) is 3.30. The number of esters is 2. The van der Waals surface area contributed by atoms with Crippen molar-refractivity contribution in [3.8, 4) is 0 Å². The van der Waals surface area contributed by atoms with Gasteiger partial charge >= 0.3 is 11.9 Å². The Morgan fingerprint density at radius 3 is 2.48 bits per heavy atom. The van der Waals surface area contributed by atoms with E-state index in [-0.39, 0.29) is 37.2 Å². The van der Waals surface area contributed by atoms with E-state index in [4.69, 9.17) is 4.74 Å². The minimum absolute atomic E-state index is 0.0330. The summed E-state index contributed by atoms with van der Waals surface area (Å²) in [6.07, 6.45) is 0.600. The summed E-state index contributed by atoms with van der Waals surface area (Å²) in [4.78, 5) is 34.4. The minimum Gasteiger partial charge on any atom is -0.469 e. The smallest absolute Gasteiger partial charge is 0.308 e. The number of benzene rings is 1. The van der Waals surface area contributed by atoms with Crippen LogP contribution in [0.15, 0.2) is 30.3 Å². The molecule has 1 amide bonds. The summed E-state index contributed by atoms with van der Waals surface area (Å²) in [5.74, 6) is -1.22. The van der Waals surface area contributed by atoms with Crippen LogP contribution in [0.2, 0.25) is 0 Å². The Hall–Kier alpha value is -2.37. The second kappa shape index (κ2) is 10.4. The van der Waals surface area contributed by atoms with Gasteiger partial charge < -0.3 is 14.8 Å². The molecule has 0 fully saturated rings. The van der Waals surface area contributed by atoms with Crippen molar-refractivity contribution >= 4 is 17.8 Å². The molecular formula is C17H23NO5. The molecule has 23 heavy (non-hydrogen) atoms. The summed E-state index contributed by atoms with van der Waals surface area (Å²) in [5.41, 5.74) is 0.905. The quantitative estimate of drug-likeness (QED) is 0.702. The van der Waals surface area contributed by atoms with Gasteiger partial charge in [-0.05, 0) is 12.0 Å². The number of hydrogen-bond acceptors (Lipinski definition) is 5. The Balaban J connectivity index is 2.13.